The molecule has 0 bridgehead atoms. The molecular formula is C14H22N2. The summed E-state index contributed by atoms with van der Waals surface area (Å²) in [5, 5.41) is 7.11. The monoisotopic (exact) mass is 218 g/mol. The maximum Gasteiger partial charge on any atom is 0.0379 e. The molecule has 2 N–H and O–H groups in total. The van der Waals surface area contributed by atoms with E-state index in [-0.39, 0.29) is 0 Å². The van der Waals surface area contributed by atoms with E-state index in [9.17, 15) is 0 Å². The van der Waals surface area contributed by atoms with Gasteiger partial charge in [-0.25, -0.2) is 0 Å². The Kier molecular flexibility index (Phi) is 3.49. The molecule has 88 valence electrons. The summed E-state index contributed by atoms with van der Waals surface area (Å²) in [6.07, 6.45) is 1.18. The van der Waals surface area contributed by atoms with Gasteiger partial charge in [0, 0.05) is 24.2 Å². The van der Waals surface area contributed by atoms with Gasteiger partial charge < -0.3 is 10.6 Å². The van der Waals surface area contributed by atoms with Crippen LogP contribution in [0, 0.1) is 6.92 Å². The predicted molar refractivity (Wildman–Crippen MR) is 70.2 cm³/mol. The normalized spacial score (nSPS) is 22.9. The summed E-state index contributed by atoms with van der Waals surface area (Å²) >= 11 is 0. The number of fused-ring (bicyclic) bond motifs is 1. The SMILES string of the molecule is CCNCC1c2cc(C)ccc2NC1CC. The van der Waals surface area contributed by atoms with Crippen molar-refractivity contribution < 1.29 is 0 Å². The third-order valence-electron chi connectivity index (χ3n) is 3.49. The van der Waals surface area contributed by atoms with Gasteiger partial charge in [-0.2, -0.15) is 0 Å². The van der Waals surface area contributed by atoms with E-state index in [1.807, 2.05) is 0 Å². The lowest BCUT2D eigenvalue weighted by Crippen LogP contribution is -2.29. The van der Waals surface area contributed by atoms with E-state index in [0.717, 1.165) is 13.1 Å². The highest BCUT2D eigenvalue weighted by atomic mass is 15.0. The highest BCUT2D eigenvalue weighted by Gasteiger charge is 2.30. The van der Waals surface area contributed by atoms with Crippen molar-refractivity contribution in [2.75, 3.05) is 18.4 Å². The minimum absolute atomic E-state index is 0.593. The molecule has 1 aromatic carbocycles. The van der Waals surface area contributed by atoms with E-state index in [1.54, 1.807) is 0 Å². The predicted octanol–water partition coefficient (Wildman–Crippen LogP) is 2.89. The number of rotatable bonds is 4. The molecule has 2 rings (SSSR count). The van der Waals surface area contributed by atoms with Gasteiger partial charge in [-0.15, -0.1) is 0 Å². The molecule has 1 heterocycles. The second-order valence-electron chi connectivity index (χ2n) is 4.66. The van der Waals surface area contributed by atoms with Gasteiger partial charge in [-0.05, 0) is 31.5 Å². The molecule has 0 spiro atoms. The molecule has 1 aliphatic rings. The minimum atomic E-state index is 0.593. The lowest BCUT2D eigenvalue weighted by Gasteiger charge is -2.19. The van der Waals surface area contributed by atoms with Crippen molar-refractivity contribution >= 4 is 5.69 Å². The zero-order chi connectivity index (χ0) is 11.5. The Labute approximate surface area is 98.4 Å². The van der Waals surface area contributed by atoms with Crippen LogP contribution >= 0.6 is 0 Å². The highest BCUT2D eigenvalue weighted by Crippen LogP contribution is 2.37. The molecule has 2 nitrogen and oxygen atoms in total. The summed E-state index contributed by atoms with van der Waals surface area (Å²) in [5.74, 6) is 0.625. The maximum absolute atomic E-state index is 3.63. The minimum Gasteiger partial charge on any atom is -0.381 e. The molecule has 2 atom stereocenters. The Morgan fingerprint density at radius 2 is 2.12 bits per heavy atom. The van der Waals surface area contributed by atoms with E-state index in [1.165, 1.54) is 23.2 Å². The Hall–Kier alpha value is -1.02. The molecule has 0 radical (unpaired) electrons. The van der Waals surface area contributed by atoms with Crippen LogP contribution in [-0.4, -0.2) is 19.1 Å². The molecule has 0 aliphatic carbocycles. The number of hydrogen-bond acceptors (Lipinski definition) is 2. The fourth-order valence-corrected chi connectivity index (χ4v) is 2.58. The largest absolute Gasteiger partial charge is 0.381 e. The summed E-state index contributed by atoms with van der Waals surface area (Å²) in [7, 11) is 0. The van der Waals surface area contributed by atoms with Crippen LogP contribution < -0.4 is 10.6 Å². The smallest absolute Gasteiger partial charge is 0.0379 e. The second-order valence-corrected chi connectivity index (χ2v) is 4.66. The van der Waals surface area contributed by atoms with Crippen LogP contribution in [0.4, 0.5) is 5.69 Å². The van der Waals surface area contributed by atoms with Crippen molar-refractivity contribution in [3.8, 4) is 0 Å². The average Bonchev–Trinajstić information content (AvgIpc) is 2.63. The van der Waals surface area contributed by atoms with Gasteiger partial charge in [0.1, 0.15) is 0 Å². The van der Waals surface area contributed by atoms with E-state index in [4.69, 9.17) is 0 Å². The zero-order valence-corrected chi connectivity index (χ0v) is 10.5. The first-order valence-electron chi connectivity index (χ1n) is 6.34. The van der Waals surface area contributed by atoms with Crippen molar-refractivity contribution in [2.45, 2.75) is 39.2 Å². The van der Waals surface area contributed by atoms with Gasteiger partial charge >= 0.3 is 0 Å². The number of likely N-dealkylation sites (N-methyl/N-ethyl adjacent to an activating group) is 1. The van der Waals surface area contributed by atoms with Crippen LogP contribution in [-0.2, 0) is 0 Å². The van der Waals surface area contributed by atoms with E-state index >= 15 is 0 Å². The number of anilines is 1. The summed E-state index contributed by atoms with van der Waals surface area (Å²) < 4.78 is 0. The third-order valence-corrected chi connectivity index (χ3v) is 3.49. The fourth-order valence-electron chi connectivity index (χ4n) is 2.58. The molecule has 2 heteroatoms. The average molecular weight is 218 g/mol. The quantitative estimate of drug-likeness (QED) is 0.812. The lowest BCUT2D eigenvalue weighted by atomic mass is 9.92. The van der Waals surface area contributed by atoms with E-state index in [0.29, 0.717) is 12.0 Å². The fraction of sp³-hybridized carbons (Fsp3) is 0.571. The van der Waals surface area contributed by atoms with Crippen LogP contribution in [0.2, 0.25) is 0 Å². The molecule has 0 aromatic heterocycles. The molecule has 1 aromatic rings. The van der Waals surface area contributed by atoms with Crippen LogP contribution in [0.15, 0.2) is 18.2 Å². The molecule has 0 saturated heterocycles. The highest BCUT2D eigenvalue weighted by molar-refractivity contribution is 5.60. The summed E-state index contributed by atoms with van der Waals surface area (Å²) in [6.45, 7) is 8.73. The van der Waals surface area contributed by atoms with Gasteiger partial charge in [-0.1, -0.05) is 31.5 Å². The number of benzene rings is 1. The van der Waals surface area contributed by atoms with Crippen molar-refractivity contribution in [1.82, 2.24) is 5.32 Å². The standard InChI is InChI=1S/C14H22N2/c1-4-13-12(9-15-5-2)11-8-10(3)6-7-14(11)16-13/h6-8,12-13,15-16H,4-5,9H2,1-3H3. The molecule has 0 fully saturated rings. The van der Waals surface area contributed by atoms with Crippen LogP contribution in [0.3, 0.4) is 0 Å². The lowest BCUT2D eigenvalue weighted by molar-refractivity contribution is 0.532. The van der Waals surface area contributed by atoms with Crippen LogP contribution in [0.5, 0.6) is 0 Å². The summed E-state index contributed by atoms with van der Waals surface area (Å²) in [6, 6.07) is 7.34. The van der Waals surface area contributed by atoms with Crippen molar-refractivity contribution in [1.29, 1.82) is 0 Å². The van der Waals surface area contributed by atoms with E-state index < -0.39 is 0 Å². The number of nitrogens with one attached hydrogen (secondary N) is 2. The first-order chi connectivity index (χ1) is 7.76. The molecule has 16 heavy (non-hydrogen) atoms. The van der Waals surface area contributed by atoms with Crippen LogP contribution in [0.25, 0.3) is 0 Å². The number of aryl methyl sites for hydroxylation is 1. The molecule has 0 saturated carbocycles. The molecule has 1 aliphatic heterocycles. The summed E-state index contributed by atoms with van der Waals surface area (Å²) in [5.41, 5.74) is 4.19. The number of hydrogen-bond donors (Lipinski definition) is 2. The zero-order valence-electron chi connectivity index (χ0n) is 10.5. The van der Waals surface area contributed by atoms with Gasteiger partial charge in [0.25, 0.3) is 0 Å². The topological polar surface area (TPSA) is 24.1 Å². The van der Waals surface area contributed by atoms with Gasteiger partial charge in [0.2, 0.25) is 0 Å². The van der Waals surface area contributed by atoms with Crippen LogP contribution in [0.1, 0.15) is 37.3 Å². The Bertz CT molecular complexity index is 360. The van der Waals surface area contributed by atoms with Crippen molar-refractivity contribution in [3.63, 3.8) is 0 Å². The summed E-state index contributed by atoms with van der Waals surface area (Å²) in [4.78, 5) is 0. The maximum atomic E-state index is 3.63. The first-order valence-corrected chi connectivity index (χ1v) is 6.34. The molecule has 2 unspecified atom stereocenters. The van der Waals surface area contributed by atoms with Crippen molar-refractivity contribution in [3.05, 3.63) is 29.3 Å². The van der Waals surface area contributed by atoms with E-state index in [2.05, 4.69) is 49.6 Å². The third kappa shape index (κ3) is 2.07. The Morgan fingerprint density at radius 3 is 2.81 bits per heavy atom. The second kappa shape index (κ2) is 4.88. The molecular weight excluding hydrogens is 196 g/mol. The van der Waals surface area contributed by atoms with Gasteiger partial charge in [-0.3, -0.25) is 0 Å². The Morgan fingerprint density at radius 1 is 1.31 bits per heavy atom. The van der Waals surface area contributed by atoms with Gasteiger partial charge in [0.15, 0.2) is 0 Å². The first kappa shape index (κ1) is 11.5. The van der Waals surface area contributed by atoms with Crippen molar-refractivity contribution in [2.24, 2.45) is 0 Å². The van der Waals surface area contributed by atoms with Gasteiger partial charge in [0.05, 0.1) is 0 Å². The molecule has 0 amide bonds. The Balaban J connectivity index is 2.24.